The third-order valence-corrected chi connectivity index (χ3v) is 4.06. The van der Waals surface area contributed by atoms with Gasteiger partial charge in [-0.3, -0.25) is 4.90 Å². The topological polar surface area (TPSA) is 54.6 Å². The van der Waals surface area contributed by atoms with Crippen LogP contribution in [0, 0.1) is 6.92 Å². The van der Waals surface area contributed by atoms with Gasteiger partial charge in [0, 0.05) is 38.4 Å². The smallest absolute Gasteiger partial charge is 0.151 e. The first-order valence-electron chi connectivity index (χ1n) is 7.03. The van der Waals surface area contributed by atoms with Gasteiger partial charge >= 0.3 is 0 Å². The molecule has 0 aliphatic carbocycles. The molecule has 5 nitrogen and oxygen atoms in total. The second-order valence-electron chi connectivity index (χ2n) is 5.46. The molecule has 0 radical (unpaired) electrons. The summed E-state index contributed by atoms with van der Waals surface area (Å²) in [5.74, 6) is 0.946. The summed E-state index contributed by atoms with van der Waals surface area (Å²) >= 11 is 0. The minimum absolute atomic E-state index is 0.617. The van der Waals surface area contributed by atoms with Crippen molar-refractivity contribution in [3.63, 3.8) is 0 Å². The summed E-state index contributed by atoms with van der Waals surface area (Å²) in [6.45, 7) is 7.92. The molecule has 0 bridgehead atoms. The standard InChI is InChI=1S/C14H22N4O/c1-11-8-13(15)14(16-9-11)18-3-2-12(10-18)17-4-6-19-7-5-17/h8-9,12H,2-7,10,15H2,1H3. The summed E-state index contributed by atoms with van der Waals surface area (Å²) in [6.07, 6.45) is 3.09. The molecule has 1 aromatic heterocycles. The molecule has 3 heterocycles. The summed E-state index contributed by atoms with van der Waals surface area (Å²) in [5.41, 5.74) is 8.00. The van der Waals surface area contributed by atoms with Crippen molar-refractivity contribution in [1.29, 1.82) is 0 Å². The third-order valence-electron chi connectivity index (χ3n) is 4.06. The second-order valence-corrected chi connectivity index (χ2v) is 5.46. The molecule has 2 aliphatic heterocycles. The van der Waals surface area contributed by atoms with E-state index in [1.54, 1.807) is 0 Å². The zero-order valence-electron chi connectivity index (χ0n) is 11.5. The van der Waals surface area contributed by atoms with Gasteiger partial charge in [-0.2, -0.15) is 0 Å². The van der Waals surface area contributed by atoms with Crippen LogP contribution in [-0.2, 0) is 4.74 Å². The number of ether oxygens (including phenoxy) is 1. The Bertz CT molecular complexity index is 445. The summed E-state index contributed by atoms with van der Waals surface area (Å²) in [6, 6.07) is 2.62. The number of morpholine rings is 1. The average Bonchev–Trinajstić information content (AvgIpc) is 2.89. The van der Waals surface area contributed by atoms with Crippen molar-refractivity contribution in [2.45, 2.75) is 19.4 Å². The minimum Gasteiger partial charge on any atom is -0.396 e. The molecule has 2 N–H and O–H groups in total. The monoisotopic (exact) mass is 262 g/mol. The molecular weight excluding hydrogens is 240 g/mol. The summed E-state index contributed by atoms with van der Waals surface area (Å²) in [4.78, 5) is 9.35. The van der Waals surface area contributed by atoms with Crippen molar-refractivity contribution in [1.82, 2.24) is 9.88 Å². The quantitative estimate of drug-likeness (QED) is 0.857. The number of anilines is 2. The van der Waals surface area contributed by atoms with Gasteiger partial charge in [-0.1, -0.05) is 0 Å². The predicted molar refractivity (Wildman–Crippen MR) is 76.4 cm³/mol. The van der Waals surface area contributed by atoms with Crippen LogP contribution in [0.4, 0.5) is 11.5 Å². The lowest BCUT2D eigenvalue weighted by molar-refractivity contribution is 0.0209. The van der Waals surface area contributed by atoms with E-state index in [1.807, 2.05) is 19.2 Å². The molecule has 3 rings (SSSR count). The van der Waals surface area contributed by atoms with E-state index in [1.165, 1.54) is 6.42 Å². The Kier molecular flexibility index (Phi) is 3.57. The van der Waals surface area contributed by atoms with Crippen LogP contribution in [0.1, 0.15) is 12.0 Å². The van der Waals surface area contributed by atoms with Crippen molar-refractivity contribution < 1.29 is 4.74 Å². The number of hydrogen-bond donors (Lipinski definition) is 1. The van der Waals surface area contributed by atoms with Gasteiger partial charge < -0.3 is 15.4 Å². The van der Waals surface area contributed by atoms with E-state index in [-0.39, 0.29) is 0 Å². The van der Waals surface area contributed by atoms with E-state index in [2.05, 4.69) is 14.8 Å². The number of nitrogen functional groups attached to an aromatic ring is 1. The zero-order valence-corrected chi connectivity index (χ0v) is 11.5. The molecule has 2 aliphatic rings. The highest BCUT2D eigenvalue weighted by Gasteiger charge is 2.29. The highest BCUT2D eigenvalue weighted by atomic mass is 16.5. The van der Waals surface area contributed by atoms with E-state index >= 15 is 0 Å². The van der Waals surface area contributed by atoms with Gasteiger partial charge in [-0.15, -0.1) is 0 Å². The lowest BCUT2D eigenvalue weighted by Gasteiger charge is -2.32. The Balaban J connectivity index is 1.67. The average molecular weight is 262 g/mol. The lowest BCUT2D eigenvalue weighted by Crippen LogP contribution is -2.44. The molecule has 104 valence electrons. The van der Waals surface area contributed by atoms with Crippen LogP contribution < -0.4 is 10.6 Å². The fourth-order valence-electron chi connectivity index (χ4n) is 3.02. The number of aromatic nitrogens is 1. The fraction of sp³-hybridized carbons (Fsp3) is 0.643. The maximum Gasteiger partial charge on any atom is 0.151 e. The molecule has 1 atom stereocenters. The molecule has 2 saturated heterocycles. The van der Waals surface area contributed by atoms with E-state index in [0.717, 1.165) is 56.5 Å². The van der Waals surface area contributed by atoms with Crippen LogP contribution in [0.5, 0.6) is 0 Å². The van der Waals surface area contributed by atoms with Gasteiger partial charge in [0.05, 0.1) is 18.9 Å². The fourth-order valence-corrected chi connectivity index (χ4v) is 3.02. The van der Waals surface area contributed by atoms with Crippen LogP contribution in [0.2, 0.25) is 0 Å². The molecule has 0 saturated carbocycles. The summed E-state index contributed by atoms with van der Waals surface area (Å²) in [7, 11) is 0. The first-order valence-corrected chi connectivity index (χ1v) is 7.03. The van der Waals surface area contributed by atoms with Crippen molar-refractivity contribution in [3.8, 4) is 0 Å². The Morgan fingerprint density at radius 2 is 2.11 bits per heavy atom. The molecular formula is C14H22N4O. The lowest BCUT2D eigenvalue weighted by atomic mass is 10.2. The zero-order chi connectivity index (χ0) is 13.2. The Hall–Kier alpha value is -1.33. The predicted octanol–water partition coefficient (Wildman–Crippen LogP) is 0.883. The first kappa shape index (κ1) is 12.7. The normalized spacial score (nSPS) is 24.9. The van der Waals surface area contributed by atoms with E-state index in [0.29, 0.717) is 6.04 Å². The number of hydrogen-bond acceptors (Lipinski definition) is 5. The maximum absolute atomic E-state index is 6.09. The van der Waals surface area contributed by atoms with Gasteiger partial charge in [-0.05, 0) is 25.0 Å². The van der Waals surface area contributed by atoms with Crippen molar-refractivity contribution in [3.05, 3.63) is 17.8 Å². The van der Waals surface area contributed by atoms with Crippen LogP contribution in [0.25, 0.3) is 0 Å². The van der Waals surface area contributed by atoms with Gasteiger partial charge in [0.1, 0.15) is 0 Å². The van der Waals surface area contributed by atoms with Crippen molar-refractivity contribution in [2.24, 2.45) is 0 Å². The molecule has 1 unspecified atom stereocenters. The van der Waals surface area contributed by atoms with Gasteiger partial charge in [0.25, 0.3) is 0 Å². The molecule has 1 aromatic rings. The Morgan fingerprint density at radius 1 is 1.32 bits per heavy atom. The number of aryl methyl sites for hydroxylation is 1. The van der Waals surface area contributed by atoms with Crippen LogP contribution in [0.15, 0.2) is 12.3 Å². The SMILES string of the molecule is Cc1cnc(N2CCC(N3CCOCC3)C2)c(N)c1. The number of pyridine rings is 1. The summed E-state index contributed by atoms with van der Waals surface area (Å²) in [5, 5.41) is 0. The highest BCUT2D eigenvalue weighted by molar-refractivity contribution is 5.63. The first-order chi connectivity index (χ1) is 9.24. The van der Waals surface area contributed by atoms with Gasteiger partial charge in [0.15, 0.2) is 5.82 Å². The Morgan fingerprint density at radius 3 is 2.84 bits per heavy atom. The van der Waals surface area contributed by atoms with Crippen LogP contribution in [0.3, 0.4) is 0 Å². The number of nitrogens with two attached hydrogens (primary N) is 1. The van der Waals surface area contributed by atoms with Crippen molar-refractivity contribution in [2.75, 3.05) is 50.0 Å². The van der Waals surface area contributed by atoms with E-state index in [4.69, 9.17) is 10.5 Å². The molecule has 0 amide bonds. The summed E-state index contributed by atoms with van der Waals surface area (Å²) < 4.78 is 5.42. The number of rotatable bonds is 2. The van der Waals surface area contributed by atoms with E-state index < -0.39 is 0 Å². The second kappa shape index (κ2) is 5.35. The maximum atomic E-state index is 6.09. The highest BCUT2D eigenvalue weighted by Crippen LogP contribution is 2.26. The van der Waals surface area contributed by atoms with Crippen LogP contribution in [-0.4, -0.2) is 55.3 Å². The number of nitrogens with zero attached hydrogens (tertiary/aromatic N) is 3. The molecule has 0 spiro atoms. The third kappa shape index (κ3) is 2.67. The molecule has 2 fully saturated rings. The molecule has 5 heteroatoms. The van der Waals surface area contributed by atoms with Gasteiger partial charge in [0.2, 0.25) is 0 Å². The molecule has 19 heavy (non-hydrogen) atoms. The van der Waals surface area contributed by atoms with Gasteiger partial charge in [-0.25, -0.2) is 4.98 Å². The van der Waals surface area contributed by atoms with Crippen molar-refractivity contribution >= 4 is 11.5 Å². The Labute approximate surface area is 114 Å². The van der Waals surface area contributed by atoms with E-state index in [9.17, 15) is 0 Å². The van der Waals surface area contributed by atoms with Crippen LogP contribution >= 0.6 is 0 Å². The molecule has 0 aromatic carbocycles. The minimum atomic E-state index is 0.617. The largest absolute Gasteiger partial charge is 0.396 e.